The van der Waals surface area contributed by atoms with Crippen molar-refractivity contribution in [3.63, 3.8) is 0 Å². The van der Waals surface area contributed by atoms with Gasteiger partial charge in [-0.25, -0.2) is 0 Å². The highest BCUT2D eigenvalue weighted by Crippen LogP contribution is 2.19. The van der Waals surface area contributed by atoms with Gasteiger partial charge in [0.15, 0.2) is 6.10 Å². The summed E-state index contributed by atoms with van der Waals surface area (Å²) in [5.74, 6) is 0.887. The van der Waals surface area contributed by atoms with Gasteiger partial charge in [-0.1, -0.05) is 291 Å². The molecule has 6 nitrogen and oxygen atoms in total. The molecule has 386 valence electrons. The molecule has 0 aliphatic carbocycles. The highest BCUT2D eigenvalue weighted by molar-refractivity contribution is 5.71. The maximum Gasteiger partial charge on any atom is 0.306 e. The van der Waals surface area contributed by atoms with Crippen molar-refractivity contribution in [2.24, 2.45) is 11.8 Å². The zero-order chi connectivity index (χ0) is 47.5. The Bertz CT molecular complexity index is 995. The second-order valence-corrected chi connectivity index (χ2v) is 21.0. The summed E-state index contributed by atoms with van der Waals surface area (Å²) in [6, 6.07) is 0. The number of carbonyl (C=O) groups is 3. The number of carbonyl (C=O) groups excluding carboxylic acids is 3. The molecule has 0 aromatic heterocycles. The molecule has 0 aromatic carbocycles. The second kappa shape index (κ2) is 51.8. The quantitative estimate of drug-likeness (QED) is 0.0344. The van der Waals surface area contributed by atoms with Gasteiger partial charge in [-0.3, -0.25) is 14.4 Å². The molecular weight excluding hydrogens is 805 g/mol. The second-order valence-electron chi connectivity index (χ2n) is 21.0. The largest absolute Gasteiger partial charge is 0.462 e. The van der Waals surface area contributed by atoms with E-state index in [0.717, 1.165) is 69.6 Å². The Morgan fingerprint density at radius 2 is 0.585 bits per heavy atom. The van der Waals surface area contributed by atoms with E-state index in [1.54, 1.807) is 0 Å². The molecule has 0 fully saturated rings. The average Bonchev–Trinajstić information content (AvgIpc) is 3.29. The first-order chi connectivity index (χ1) is 31.8. The average molecular weight is 920 g/mol. The number of esters is 3. The first-order valence-corrected chi connectivity index (χ1v) is 29.3. The molecule has 0 heterocycles. The lowest BCUT2D eigenvalue weighted by atomic mass is 9.99. The highest BCUT2D eigenvalue weighted by Gasteiger charge is 2.19. The zero-order valence-electron chi connectivity index (χ0n) is 44.6. The summed E-state index contributed by atoms with van der Waals surface area (Å²) in [6.07, 6.45) is 55.2. The van der Waals surface area contributed by atoms with Gasteiger partial charge in [-0.15, -0.1) is 0 Å². The van der Waals surface area contributed by atoms with Gasteiger partial charge in [0.1, 0.15) is 13.2 Å². The topological polar surface area (TPSA) is 78.9 Å². The van der Waals surface area contributed by atoms with Crippen molar-refractivity contribution in [1.29, 1.82) is 0 Å². The van der Waals surface area contributed by atoms with E-state index in [-0.39, 0.29) is 31.1 Å². The third-order valence-electron chi connectivity index (χ3n) is 13.8. The predicted octanol–water partition coefficient (Wildman–Crippen LogP) is 19.3. The number of hydrogen-bond donors (Lipinski definition) is 0. The summed E-state index contributed by atoms with van der Waals surface area (Å²) < 4.78 is 16.9. The van der Waals surface area contributed by atoms with Crippen molar-refractivity contribution in [3.05, 3.63) is 0 Å². The summed E-state index contributed by atoms with van der Waals surface area (Å²) in [4.78, 5) is 38.1. The maximum absolute atomic E-state index is 12.9. The monoisotopic (exact) mass is 919 g/mol. The molecule has 0 amide bonds. The Morgan fingerprint density at radius 1 is 0.323 bits per heavy atom. The molecule has 0 radical (unpaired) electrons. The Balaban J connectivity index is 4.23. The van der Waals surface area contributed by atoms with Crippen LogP contribution in [-0.4, -0.2) is 37.2 Å². The minimum atomic E-state index is -0.762. The molecule has 0 saturated heterocycles. The van der Waals surface area contributed by atoms with E-state index in [4.69, 9.17) is 14.2 Å². The molecule has 0 rings (SSSR count). The van der Waals surface area contributed by atoms with Crippen LogP contribution in [0.1, 0.15) is 330 Å². The van der Waals surface area contributed by atoms with Gasteiger partial charge in [0.05, 0.1) is 0 Å². The fourth-order valence-electron chi connectivity index (χ4n) is 9.02. The van der Waals surface area contributed by atoms with E-state index in [9.17, 15) is 14.4 Å². The number of hydrogen-bond acceptors (Lipinski definition) is 6. The molecule has 0 aliphatic rings. The van der Waals surface area contributed by atoms with Gasteiger partial charge in [0.25, 0.3) is 0 Å². The molecule has 6 heteroatoms. The number of rotatable bonds is 53. The van der Waals surface area contributed by atoms with Crippen LogP contribution in [0.25, 0.3) is 0 Å². The van der Waals surface area contributed by atoms with Gasteiger partial charge < -0.3 is 14.2 Å². The zero-order valence-corrected chi connectivity index (χ0v) is 44.6. The van der Waals surface area contributed by atoms with Crippen molar-refractivity contribution in [2.75, 3.05) is 13.2 Å². The molecule has 0 spiro atoms. The SMILES string of the molecule is CCCCCCCCCCCCCCC(=O)OC[C@H](COC(=O)CCCCCCCCCCCCC(C)C)OC(=O)CCCCCCCCCCCCCCCCCCCCC(C)CC. The minimum Gasteiger partial charge on any atom is -0.462 e. The van der Waals surface area contributed by atoms with E-state index in [2.05, 4.69) is 34.6 Å². The van der Waals surface area contributed by atoms with Crippen molar-refractivity contribution in [1.82, 2.24) is 0 Å². The number of ether oxygens (including phenoxy) is 3. The van der Waals surface area contributed by atoms with Gasteiger partial charge in [0.2, 0.25) is 0 Å². The van der Waals surface area contributed by atoms with Crippen LogP contribution >= 0.6 is 0 Å². The maximum atomic E-state index is 12.9. The van der Waals surface area contributed by atoms with Crippen LogP contribution < -0.4 is 0 Å². The van der Waals surface area contributed by atoms with Gasteiger partial charge in [0, 0.05) is 19.3 Å². The van der Waals surface area contributed by atoms with Crippen LogP contribution in [0.5, 0.6) is 0 Å². The summed E-state index contributed by atoms with van der Waals surface area (Å²) in [5, 5.41) is 0. The Kier molecular flexibility index (Phi) is 50.5. The minimum absolute atomic E-state index is 0.0628. The normalized spacial score (nSPS) is 12.5. The highest BCUT2D eigenvalue weighted by atomic mass is 16.6. The summed E-state index contributed by atoms with van der Waals surface area (Å²) in [6.45, 7) is 11.4. The van der Waals surface area contributed by atoms with Crippen LogP contribution in [0, 0.1) is 11.8 Å². The first-order valence-electron chi connectivity index (χ1n) is 29.3. The van der Waals surface area contributed by atoms with Gasteiger partial charge in [-0.05, 0) is 31.1 Å². The first kappa shape index (κ1) is 63.4. The van der Waals surface area contributed by atoms with Crippen LogP contribution in [0.4, 0.5) is 0 Å². The fraction of sp³-hybridized carbons (Fsp3) is 0.949. The van der Waals surface area contributed by atoms with E-state index in [1.165, 1.54) is 218 Å². The van der Waals surface area contributed by atoms with Crippen molar-refractivity contribution in [3.8, 4) is 0 Å². The standard InChI is InChI=1S/C59H114O6/c1-6-8-9-10-11-12-13-23-29-34-39-44-49-57(60)63-52-56(53-64-58(61)50-45-40-35-30-26-25-27-32-37-42-47-54(3)4)65-59(62)51-46-41-36-31-24-21-19-17-15-14-16-18-20-22-28-33-38-43-48-55(5)7-2/h54-56H,6-53H2,1-5H3/t55?,56-/m1/s1. The summed E-state index contributed by atoms with van der Waals surface area (Å²) >= 11 is 0. The van der Waals surface area contributed by atoms with Crippen LogP contribution in [-0.2, 0) is 28.6 Å². The van der Waals surface area contributed by atoms with Crippen molar-refractivity contribution >= 4 is 17.9 Å². The van der Waals surface area contributed by atoms with Crippen molar-refractivity contribution in [2.45, 2.75) is 336 Å². The molecular formula is C59H114O6. The smallest absolute Gasteiger partial charge is 0.306 e. The molecule has 0 bridgehead atoms. The molecule has 65 heavy (non-hydrogen) atoms. The summed E-state index contributed by atoms with van der Waals surface area (Å²) in [5.41, 5.74) is 0. The van der Waals surface area contributed by atoms with Gasteiger partial charge >= 0.3 is 17.9 Å². The Morgan fingerprint density at radius 3 is 0.877 bits per heavy atom. The Hall–Kier alpha value is -1.59. The lowest BCUT2D eigenvalue weighted by Crippen LogP contribution is -2.30. The third kappa shape index (κ3) is 51.6. The Labute approximate surface area is 406 Å². The van der Waals surface area contributed by atoms with Crippen molar-refractivity contribution < 1.29 is 28.6 Å². The lowest BCUT2D eigenvalue weighted by Gasteiger charge is -2.18. The third-order valence-corrected chi connectivity index (χ3v) is 13.8. The molecule has 2 atom stereocenters. The summed E-state index contributed by atoms with van der Waals surface area (Å²) in [7, 11) is 0. The predicted molar refractivity (Wildman–Crippen MR) is 280 cm³/mol. The van der Waals surface area contributed by atoms with Gasteiger partial charge in [-0.2, -0.15) is 0 Å². The van der Waals surface area contributed by atoms with Crippen LogP contribution in [0.15, 0.2) is 0 Å². The molecule has 1 unspecified atom stereocenters. The van der Waals surface area contributed by atoms with E-state index in [0.29, 0.717) is 19.3 Å². The molecule has 0 saturated carbocycles. The van der Waals surface area contributed by atoms with E-state index >= 15 is 0 Å². The van der Waals surface area contributed by atoms with Crippen LogP contribution in [0.2, 0.25) is 0 Å². The van der Waals surface area contributed by atoms with Crippen LogP contribution in [0.3, 0.4) is 0 Å². The van der Waals surface area contributed by atoms with E-state index < -0.39 is 6.10 Å². The molecule has 0 aliphatic heterocycles. The number of unbranched alkanes of at least 4 members (excludes halogenated alkanes) is 37. The molecule has 0 aromatic rings. The lowest BCUT2D eigenvalue weighted by molar-refractivity contribution is -0.167. The molecule has 0 N–H and O–H groups in total. The van der Waals surface area contributed by atoms with E-state index in [1.807, 2.05) is 0 Å². The fourth-order valence-corrected chi connectivity index (χ4v) is 9.02.